The van der Waals surface area contributed by atoms with Crippen LogP contribution >= 0.6 is 0 Å². The lowest BCUT2D eigenvalue weighted by Gasteiger charge is -2.31. The monoisotopic (exact) mass is 378 g/mol. The number of sulfonamides is 1. The molecule has 0 atom stereocenters. The van der Waals surface area contributed by atoms with E-state index in [9.17, 15) is 13.2 Å². The van der Waals surface area contributed by atoms with E-state index in [1.54, 1.807) is 28.6 Å². The Bertz CT molecular complexity index is 701. The molecule has 6 heteroatoms. The van der Waals surface area contributed by atoms with E-state index in [2.05, 4.69) is 0 Å². The Morgan fingerprint density at radius 3 is 2.04 bits per heavy atom. The van der Waals surface area contributed by atoms with Crippen molar-refractivity contribution in [2.75, 3.05) is 20.1 Å². The third kappa shape index (κ3) is 4.29. The number of carbonyl (C=O) groups excluding carboxylic acids is 1. The molecule has 144 valence electrons. The van der Waals surface area contributed by atoms with E-state index in [4.69, 9.17) is 0 Å². The molecule has 1 saturated carbocycles. The molecule has 0 N–H and O–H groups in total. The van der Waals surface area contributed by atoms with Gasteiger partial charge in [0.1, 0.15) is 0 Å². The van der Waals surface area contributed by atoms with Crippen molar-refractivity contribution in [2.45, 2.75) is 68.7 Å². The van der Waals surface area contributed by atoms with Crippen LogP contribution in [0, 0.1) is 0 Å². The van der Waals surface area contributed by atoms with Gasteiger partial charge < -0.3 is 4.90 Å². The normalized spacial score (nSPS) is 20.5. The highest BCUT2D eigenvalue weighted by Gasteiger charge is 2.26. The van der Waals surface area contributed by atoms with Gasteiger partial charge in [0.2, 0.25) is 10.0 Å². The van der Waals surface area contributed by atoms with Gasteiger partial charge in [-0.15, -0.1) is 0 Å². The molecule has 0 aromatic heterocycles. The van der Waals surface area contributed by atoms with Crippen molar-refractivity contribution in [1.82, 2.24) is 9.21 Å². The summed E-state index contributed by atoms with van der Waals surface area (Å²) in [6, 6.07) is 6.79. The second kappa shape index (κ2) is 8.53. The summed E-state index contributed by atoms with van der Waals surface area (Å²) in [5.41, 5.74) is 0.563. The van der Waals surface area contributed by atoms with E-state index in [0.717, 1.165) is 38.5 Å². The van der Waals surface area contributed by atoms with Crippen LogP contribution in [0.3, 0.4) is 0 Å². The van der Waals surface area contributed by atoms with E-state index < -0.39 is 10.0 Å². The van der Waals surface area contributed by atoms with Gasteiger partial charge in [0, 0.05) is 31.7 Å². The Kier molecular flexibility index (Phi) is 6.35. The predicted molar refractivity (Wildman–Crippen MR) is 103 cm³/mol. The first kappa shape index (κ1) is 19.4. The molecule has 1 aliphatic heterocycles. The van der Waals surface area contributed by atoms with Gasteiger partial charge in [-0.1, -0.05) is 32.1 Å². The lowest BCUT2D eigenvalue weighted by atomic mass is 9.94. The fourth-order valence-corrected chi connectivity index (χ4v) is 5.56. The molecule has 2 aliphatic rings. The Labute approximate surface area is 157 Å². The van der Waals surface area contributed by atoms with E-state index in [1.807, 2.05) is 11.9 Å². The fourth-order valence-electron chi connectivity index (χ4n) is 4.04. The van der Waals surface area contributed by atoms with Gasteiger partial charge in [-0.2, -0.15) is 4.31 Å². The zero-order chi connectivity index (χ0) is 18.6. The molecule has 0 spiro atoms. The van der Waals surface area contributed by atoms with Crippen LogP contribution in [0.1, 0.15) is 68.1 Å². The van der Waals surface area contributed by atoms with Crippen molar-refractivity contribution in [3.05, 3.63) is 29.8 Å². The topological polar surface area (TPSA) is 57.7 Å². The highest BCUT2D eigenvalue weighted by atomic mass is 32.2. The van der Waals surface area contributed by atoms with Gasteiger partial charge in [-0.05, 0) is 49.9 Å². The van der Waals surface area contributed by atoms with Crippen LogP contribution in [0.5, 0.6) is 0 Å². The van der Waals surface area contributed by atoms with Crippen LogP contribution < -0.4 is 0 Å². The maximum atomic E-state index is 12.8. The zero-order valence-electron chi connectivity index (χ0n) is 15.7. The lowest BCUT2D eigenvalue weighted by molar-refractivity contribution is 0.0696. The van der Waals surface area contributed by atoms with Crippen LogP contribution in [0.25, 0.3) is 0 Å². The highest BCUT2D eigenvalue weighted by Crippen LogP contribution is 2.24. The first-order chi connectivity index (χ1) is 12.5. The van der Waals surface area contributed by atoms with E-state index in [1.165, 1.54) is 19.3 Å². The molecule has 1 saturated heterocycles. The Balaban J connectivity index is 1.71. The number of amides is 1. The summed E-state index contributed by atoms with van der Waals surface area (Å²) in [4.78, 5) is 14.8. The second-order valence-electron chi connectivity index (χ2n) is 7.55. The third-order valence-corrected chi connectivity index (χ3v) is 7.66. The lowest BCUT2D eigenvalue weighted by Crippen LogP contribution is -2.38. The second-order valence-corrected chi connectivity index (χ2v) is 9.49. The van der Waals surface area contributed by atoms with Crippen molar-refractivity contribution in [1.29, 1.82) is 0 Å². The average Bonchev–Trinajstić information content (AvgIpc) is 2.98. The van der Waals surface area contributed by atoms with Crippen LogP contribution in [-0.4, -0.2) is 49.7 Å². The number of carbonyl (C=O) groups is 1. The van der Waals surface area contributed by atoms with Gasteiger partial charge in [-0.3, -0.25) is 4.79 Å². The molecule has 1 amide bonds. The summed E-state index contributed by atoms with van der Waals surface area (Å²) >= 11 is 0. The molecule has 1 aromatic carbocycles. The molecule has 3 rings (SSSR count). The molecule has 0 unspecified atom stereocenters. The van der Waals surface area contributed by atoms with Crippen molar-refractivity contribution in [2.24, 2.45) is 0 Å². The molecule has 2 fully saturated rings. The minimum Gasteiger partial charge on any atom is -0.339 e. The van der Waals surface area contributed by atoms with Gasteiger partial charge >= 0.3 is 0 Å². The fraction of sp³-hybridized carbons (Fsp3) is 0.650. The smallest absolute Gasteiger partial charge is 0.253 e. The summed E-state index contributed by atoms with van der Waals surface area (Å²) < 4.78 is 27.3. The van der Waals surface area contributed by atoms with Gasteiger partial charge in [0.25, 0.3) is 5.91 Å². The zero-order valence-corrected chi connectivity index (χ0v) is 16.5. The Morgan fingerprint density at radius 2 is 1.46 bits per heavy atom. The van der Waals surface area contributed by atoms with Crippen molar-refractivity contribution in [3.8, 4) is 0 Å². The van der Waals surface area contributed by atoms with Crippen molar-refractivity contribution < 1.29 is 13.2 Å². The summed E-state index contributed by atoms with van der Waals surface area (Å²) in [5.74, 6) is -0.0179. The van der Waals surface area contributed by atoms with E-state index in [-0.39, 0.29) is 10.8 Å². The first-order valence-electron chi connectivity index (χ1n) is 9.87. The minimum atomic E-state index is -3.46. The molecule has 1 aliphatic carbocycles. The number of rotatable bonds is 4. The maximum Gasteiger partial charge on any atom is 0.253 e. The summed E-state index contributed by atoms with van der Waals surface area (Å²) in [5, 5.41) is 0. The molecule has 0 radical (unpaired) electrons. The van der Waals surface area contributed by atoms with Crippen LogP contribution in [0.2, 0.25) is 0 Å². The van der Waals surface area contributed by atoms with Crippen LogP contribution in [0.15, 0.2) is 29.2 Å². The van der Waals surface area contributed by atoms with Gasteiger partial charge in [0.05, 0.1) is 4.90 Å². The summed E-state index contributed by atoms with van der Waals surface area (Å²) in [6.07, 6.45) is 9.74. The maximum absolute atomic E-state index is 12.8. The molecular formula is C20H30N2O3S. The number of hydrogen-bond donors (Lipinski definition) is 0. The summed E-state index contributed by atoms with van der Waals surface area (Å²) in [6.45, 7) is 1.18. The van der Waals surface area contributed by atoms with Gasteiger partial charge in [0.15, 0.2) is 0 Å². The van der Waals surface area contributed by atoms with Gasteiger partial charge in [-0.25, -0.2) is 8.42 Å². The van der Waals surface area contributed by atoms with Crippen molar-refractivity contribution >= 4 is 15.9 Å². The SMILES string of the molecule is CN(C(=O)c1ccc(S(=O)(=O)N2CCCCCC2)cc1)C1CCCCC1. The number of hydrogen-bond acceptors (Lipinski definition) is 3. The molecule has 1 aromatic rings. The third-order valence-electron chi connectivity index (χ3n) is 5.75. The van der Waals surface area contributed by atoms with Crippen LogP contribution in [0.4, 0.5) is 0 Å². The Morgan fingerprint density at radius 1 is 0.923 bits per heavy atom. The molecule has 26 heavy (non-hydrogen) atoms. The summed E-state index contributed by atoms with van der Waals surface area (Å²) in [7, 11) is -1.60. The van der Waals surface area contributed by atoms with E-state index >= 15 is 0 Å². The largest absolute Gasteiger partial charge is 0.339 e. The van der Waals surface area contributed by atoms with E-state index in [0.29, 0.717) is 24.7 Å². The predicted octanol–water partition coefficient (Wildman–Crippen LogP) is 3.66. The minimum absolute atomic E-state index is 0.0179. The standard InChI is InChI=1S/C20H30N2O3S/c1-21(18-9-5-4-6-10-18)20(23)17-11-13-19(14-12-17)26(24,25)22-15-7-2-3-8-16-22/h11-14,18H,2-10,15-16H2,1H3. The van der Waals surface area contributed by atoms with Crippen LogP contribution in [-0.2, 0) is 10.0 Å². The number of nitrogens with zero attached hydrogens (tertiary/aromatic N) is 2. The average molecular weight is 379 g/mol. The molecule has 5 nitrogen and oxygen atoms in total. The molecular weight excluding hydrogens is 348 g/mol. The quantitative estimate of drug-likeness (QED) is 0.803. The molecule has 0 bridgehead atoms. The highest BCUT2D eigenvalue weighted by molar-refractivity contribution is 7.89. The first-order valence-corrected chi connectivity index (χ1v) is 11.3. The molecule has 1 heterocycles. The van der Waals surface area contributed by atoms with Crippen molar-refractivity contribution in [3.63, 3.8) is 0 Å². The Hall–Kier alpha value is -1.40. The number of benzene rings is 1.